The lowest BCUT2D eigenvalue weighted by atomic mass is 10.2. The number of nitrogens with zero attached hydrogens (tertiary/aromatic N) is 1. The van der Waals surface area contributed by atoms with E-state index >= 15 is 0 Å². The van der Waals surface area contributed by atoms with E-state index in [1.807, 2.05) is 0 Å². The van der Waals surface area contributed by atoms with Gasteiger partial charge in [-0.1, -0.05) is 0 Å². The summed E-state index contributed by atoms with van der Waals surface area (Å²) in [4.78, 5) is 12.1. The standard InChI is InChI=1S/C9H14F3NO3/c10-9(11,12)2-1-3-13-5-6(14)4-7(13)8(15)16/h6-7,14H,1-5H2,(H,15,16). The Labute approximate surface area is 90.7 Å². The van der Waals surface area contributed by atoms with Gasteiger partial charge in [-0.2, -0.15) is 13.2 Å². The van der Waals surface area contributed by atoms with Gasteiger partial charge in [-0.3, -0.25) is 9.69 Å². The number of aliphatic hydroxyl groups excluding tert-OH is 1. The summed E-state index contributed by atoms with van der Waals surface area (Å²) in [6.45, 7) is 0.183. The van der Waals surface area contributed by atoms with Crippen molar-refractivity contribution in [1.82, 2.24) is 4.90 Å². The summed E-state index contributed by atoms with van der Waals surface area (Å²) in [5.41, 5.74) is 0. The number of carboxylic acids is 1. The second-order valence-electron chi connectivity index (χ2n) is 3.96. The van der Waals surface area contributed by atoms with Gasteiger partial charge in [-0.15, -0.1) is 0 Å². The molecule has 0 aromatic heterocycles. The highest BCUT2D eigenvalue weighted by molar-refractivity contribution is 5.74. The molecule has 0 radical (unpaired) electrons. The zero-order chi connectivity index (χ0) is 12.3. The summed E-state index contributed by atoms with van der Waals surface area (Å²) in [7, 11) is 0. The highest BCUT2D eigenvalue weighted by atomic mass is 19.4. The lowest BCUT2D eigenvalue weighted by molar-refractivity contribution is -0.143. The number of likely N-dealkylation sites (tertiary alicyclic amines) is 1. The maximum absolute atomic E-state index is 11.9. The molecule has 94 valence electrons. The molecule has 1 aliphatic heterocycles. The molecule has 2 atom stereocenters. The molecule has 2 unspecified atom stereocenters. The Morgan fingerprint density at radius 2 is 2.06 bits per heavy atom. The first-order valence-electron chi connectivity index (χ1n) is 5.01. The molecule has 2 N–H and O–H groups in total. The molecular weight excluding hydrogens is 227 g/mol. The molecule has 0 spiro atoms. The zero-order valence-electron chi connectivity index (χ0n) is 8.57. The number of aliphatic hydroxyl groups is 1. The normalized spacial score (nSPS) is 27.2. The smallest absolute Gasteiger partial charge is 0.389 e. The van der Waals surface area contributed by atoms with Crippen LogP contribution in [0.2, 0.25) is 0 Å². The van der Waals surface area contributed by atoms with E-state index in [1.165, 1.54) is 4.90 Å². The Balaban J connectivity index is 2.38. The van der Waals surface area contributed by atoms with E-state index in [0.29, 0.717) is 0 Å². The van der Waals surface area contributed by atoms with Crippen LogP contribution in [0.3, 0.4) is 0 Å². The largest absolute Gasteiger partial charge is 0.480 e. The van der Waals surface area contributed by atoms with Crippen molar-refractivity contribution in [3.05, 3.63) is 0 Å². The van der Waals surface area contributed by atoms with E-state index in [-0.39, 0.29) is 25.9 Å². The predicted octanol–water partition coefficient (Wildman–Crippen LogP) is 0.849. The van der Waals surface area contributed by atoms with Crippen LogP contribution in [-0.4, -0.2) is 52.5 Å². The Morgan fingerprint density at radius 3 is 2.56 bits per heavy atom. The number of aliphatic carboxylic acids is 1. The SMILES string of the molecule is O=C(O)C1CC(O)CN1CCCC(F)(F)F. The topological polar surface area (TPSA) is 60.8 Å². The quantitative estimate of drug-likeness (QED) is 0.766. The molecule has 0 bridgehead atoms. The van der Waals surface area contributed by atoms with Crippen molar-refractivity contribution in [2.45, 2.75) is 37.6 Å². The second-order valence-corrected chi connectivity index (χ2v) is 3.96. The fraction of sp³-hybridized carbons (Fsp3) is 0.889. The average Bonchev–Trinajstić information content (AvgIpc) is 2.44. The zero-order valence-corrected chi connectivity index (χ0v) is 8.57. The van der Waals surface area contributed by atoms with Crippen LogP contribution < -0.4 is 0 Å². The molecule has 0 aromatic carbocycles. The Morgan fingerprint density at radius 1 is 1.44 bits per heavy atom. The van der Waals surface area contributed by atoms with Gasteiger partial charge in [0, 0.05) is 19.4 Å². The third-order valence-electron chi connectivity index (χ3n) is 2.57. The van der Waals surface area contributed by atoms with Gasteiger partial charge in [0.1, 0.15) is 6.04 Å². The van der Waals surface area contributed by atoms with Crippen LogP contribution in [0.5, 0.6) is 0 Å². The monoisotopic (exact) mass is 241 g/mol. The number of rotatable bonds is 4. The third kappa shape index (κ3) is 3.97. The van der Waals surface area contributed by atoms with E-state index in [0.717, 1.165) is 0 Å². The fourth-order valence-corrected chi connectivity index (χ4v) is 1.87. The van der Waals surface area contributed by atoms with Crippen LogP contribution >= 0.6 is 0 Å². The van der Waals surface area contributed by atoms with E-state index in [2.05, 4.69) is 0 Å². The van der Waals surface area contributed by atoms with Crippen molar-refractivity contribution >= 4 is 5.97 Å². The van der Waals surface area contributed by atoms with Crippen LogP contribution in [0.4, 0.5) is 13.2 Å². The van der Waals surface area contributed by atoms with Crippen molar-refractivity contribution in [3.63, 3.8) is 0 Å². The van der Waals surface area contributed by atoms with Gasteiger partial charge < -0.3 is 10.2 Å². The maximum Gasteiger partial charge on any atom is 0.389 e. The second kappa shape index (κ2) is 5.01. The average molecular weight is 241 g/mol. The number of carbonyl (C=O) groups is 1. The highest BCUT2D eigenvalue weighted by Gasteiger charge is 2.36. The lowest BCUT2D eigenvalue weighted by Gasteiger charge is -2.20. The maximum atomic E-state index is 11.9. The van der Waals surface area contributed by atoms with E-state index in [1.54, 1.807) is 0 Å². The molecule has 1 heterocycles. The predicted molar refractivity (Wildman–Crippen MR) is 48.9 cm³/mol. The van der Waals surface area contributed by atoms with Gasteiger partial charge in [0.15, 0.2) is 0 Å². The summed E-state index contributed by atoms with van der Waals surface area (Å²) in [6.07, 6.45) is -5.95. The number of hydrogen-bond acceptors (Lipinski definition) is 3. The summed E-state index contributed by atoms with van der Waals surface area (Å²) in [5, 5.41) is 18.0. The molecule has 1 aliphatic rings. The van der Waals surface area contributed by atoms with Crippen molar-refractivity contribution in [2.24, 2.45) is 0 Å². The van der Waals surface area contributed by atoms with Crippen molar-refractivity contribution in [3.8, 4) is 0 Å². The molecule has 16 heavy (non-hydrogen) atoms. The fourth-order valence-electron chi connectivity index (χ4n) is 1.87. The Kier molecular flexibility index (Phi) is 4.15. The van der Waals surface area contributed by atoms with Crippen molar-refractivity contribution < 1.29 is 28.2 Å². The summed E-state index contributed by atoms with van der Waals surface area (Å²) < 4.78 is 35.6. The minimum atomic E-state index is -4.21. The van der Waals surface area contributed by atoms with Crippen LogP contribution in [0.15, 0.2) is 0 Å². The lowest BCUT2D eigenvalue weighted by Crippen LogP contribution is -2.37. The van der Waals surface area contributed by atoms with Crippen molar-refractivity contribution in [2.75, 3.05) is 13.1 Å². The highest BCUT2D eigenvalue weighted by Crippen LogP contribution is 2.23. The van der Waals surface area contributed by atoms with Gasteiger partial charge in [0.2, 0.25) is 0 Å². The third-order valence-corrected chi connectivity index (χ3v) is 2.57. The number of carboxylic acid groups (broad SMARTS) is 1. The molecule has 0 aromatic rings. The van der Waals surface area contributed by atoms with Gasteiger partial charge in [-0.05, 0) is 13.0 Å². The van der Waals surface area contributed by atoms with Gasteiger partial charge in [0.25, 0.3) is 0 Å². The van der Waals surface area contributed by atoms with E-state index < -0.39 is 30.7 Å². The Hall–Kier alpha value is -0.820. The van der Waals surface area contributed by atoms with Gasteiger partial charge in [0.05, 0.1) is 6.10 Å². The first kappa shape index (κ1) is 13.2. The van der Waals surface area contributed by atoms with Gasteiger partial charge in [-0.25, -0.2) is 0 Å². The first-order chi connectivity index (χ1) is 7.29. The number of hydrogen-bond donors (Lipinski definition) is 2. The summed E-state index contributed by atoms with van der Waals surface area (Å²) >= 11 is 0. The molecule has 4 nitrogen and oxygen atoms in total. The van der Waals surface area contributed by atoms with E-state index in [9.17, 15) is 23.1 Å². The molecule has 1 saturated heterocycles. The number of halogens is 3. The molecular formula is C9H14F3NO3. The molecule has 1 rings (SSSR count). The molecule has 0 amide bonds. The first-order valence-corrected chi connectivity index (χ1v) is 5.01. The molecule has 1 fully saturated rings. The van der Waals surface area contributed by atoms with Gasteiger partial charge >= 0.3 is 12.1 Å². The number of alkyl halides is 3. The molecule has 7 heteroatoms. The number of β-amino-alcohol motifs (C(OH)–C–C–N with tert-alkyl or cyclic N) is 1. The van der Waals surface area contributed by atoms with Crippen LogP contribution in [0.1, 0.15) is 19.3 Å². The van der Waals surface area contributed by atoms with Crippen LogP contribution in [0, 0.1) is 0 Å². The van der Waals surface area contributed by atoms with Crippen molar-refractivity contribution in [1.29, 1.82) is 0 Å². The van der Waals surface area contributed by atoms with Crippen LogP contribution in [-0.2, 0) is 4.79 Å². The minimum Gasteiger partial charge on any atom is -0.480 e. The molecule has 0 saturated carbocycles. The molecule has 0 aliphatic carbocycles. The summed E-state index contributed by atoms with van der Waals surface area (Å²) in [5.74, 6) is -1.09. The van der Waals surface area contributed by atoms with E-state index in [4.69, 9.17) is 5.11 Å². The Bertz CT molecular complexity index is 257. The summed E-state index contributed by atoms with van der Waals surface area (Å²) in [6, 6.07) is -0.858. The van der Waals surface area contributed by atoms with Crippen LogP contribution in [0.25, 0.3) is 0 Å². The minimum absolute atomic E-state index is 0.0491.